The molecule has 0 N–H and O–H groups in total. The fraction of sp³-hybridized carbons (Fsp3) is 0.364. The summed E-state index contributed by atoms with van der Waals surface area (Å²) in [4.78, 5) is 4.83. The molecule has 1 aliphatic carbocycles. The minimum Gasteiger partial charge on any atom is -0.509 e. The Bertz CT molecular complexity index is 2230. The standard InChI is InChI=1S/C44H48N4O.Pt/c1-26(2)32-21-34(48-31(7)43(30(6)46-48)42-28(4)19-27(3)20-29(42)5)24-36(22-32)49-35-15-16-38-37-13-11-12-14-39(37)47(40(38)25-35)41-23-33(17-18-45-41)44(8,9)10;/h11-19,21-23,26-27,29,42H,20H2,1-10H3;/q-2;+2/t27-,29-,42?;/m0./s1. The molecule has 1 unspecified atom stereocenters. The Balaban J connectivity index is 0.00000432. The van der Waals surface area contributed by atoms with Crippen LogP contribution < -0.4 is 4.74 Å². The molecule has 0 saturated carbocycles. The SMILES string of the molecule is CC1=C[C@H](C)C[C@H](C)C1c1c(C)nn(-c2[c-]c(Oc3[c-]c4c(cc3)c3ccccc3n4-c3cc(C(C)(C)C)ccn3)cc(C(C)C)c2)c1C.[Pt+2]. The summed E-state index contributed by atoms with van der Waals surface area (Å²) in [7, 11) is 0. The van der Waals surface area contributed by atoms with Crippen molar-refractivity contribution in [1.29, 1.82) is 0 Å². The van der Waals surface area contributed by atoms with Crippen molar-refractivity contribution in [1.82, 2.24) is 19.3 Å². The van der Waals surface area contributed by atoms with Gasteiger partial charge in [-0.3, -0.25) is 4.68 Å². The Labute approximate surface area is 312 Å². The second kappa shape index (κ2) is 13.6. The molecule has 50 heavy (non-hydrogen) atoms. The van der Waals surface area contributed by atoms with Crippen molar-refractivity contribution < 1.29 is 25.8 Å². The van der Waals surface area contributed by atoms with Gasteiger partial charge < -0.3 is 9.30 Å². The maximum Gasteiger partial charge on any atom is 2.00 e. The van der Waals surface area contributed by atoms with E-state index < -0.39 is 0 Å². The first kappa shape index (κ1) is 35.9. The third-order valence-corrected chi connectivity index (χ3v) is 10.4. The molecule has 6 heteroatoms. The minimum atomic E-state index is -0.00159. The van der Waals surface area contributed by atoms with Gasteiger partial charge in [-0.1, -0.05) is 83.8 Å². The Morgan fingerprint density at radius 1 is 0.900 bits per heavy atom. The normalized spacial score (nSPS) is 18.1. The van der Waals surface area contributed by atoms with Crippen LogP contribution in [-0.4, -0.2) is 19.3 Å². The summed E-state index contributed by atoms with van der Waals surface area (Å²) in [6.45, 7) is 22.5. The summed E-state index contributed by atoms with van der Waals surface area (Å²) in [5.41, 5.74) is 10.4. The predicted octanol–water partition coefficient (Wildman–Crippen LogP) is 11.5. The topological polar surface area (TPSA) is 44.9 Å². The average Bonchev–Trinajstić information content (AvgIpc) is 3.53. The van der Waals surface area contributed by atoms with Crippen LogP contribution in [0, 0.1) is 37.8 Å². The van der Waals surface area contributed by atoms with E-state index >= 15 is 0 Å². The number of ether oxygens (including phenoxy) is 1. The number of rotatable bonds is 6. The van der Waals surface area contributed by atoms with E-state index in [-0.39, 0.29) is 26.5 Å². The maximum absolute atomic E-state index is 6.65. The predicted molar refractivity (Wildman–Crippen MR) is 202 cm³/mol. The number of para-hydroxylation sites is 1. The van der Waals surface area contributed by atoms with E-state index in [0.29, 0.717) is 35.2 Å². The van der Waals surface area contributed by atoms with Crippen molar-refractivity contribution in [2.45, 2.75) is 92.9 Å². The molecule has 0 saturated heterocycles. The Hall–Kier alpha value is -3.95. The molecule has 0 spiro atoms. The number of nitrogens with zero attached hydrogens (tertiary/aromatic N) is 4. The second-order valence-corrected chi connectivity index (χ2v) is 15.6. The molecule has 5 nitrogen and oxygen atoms in total. The molecule has 0 aliphatic heterocycles. The van der Waals surface area contributed by atoms with Crippen LogP contribution in [0.4, 0.5) is 0 Å². The van der Waals surface area contributed by atoms with Crippen LogP contribution in [0.2, 0.25) is 0 Å². The van der Waals surface area contributed by atoms with Crippen LogP contribution in [0.3, 0.4) is 0 Å². The zero-order chi connectivity index (χ0) is 34.8. The van der Waals surface area contributed by atoms with Gasteiger partial charge in [0.1, 0.15) is 5.82 Å². The summed E-state index contributed by atoms with van der Waals surface area (Å²) in [6.07, 6.45) is 5.54. The largest absolute Gasteiger partial charge is 2.00 e. The smallest absolute Gasteiger partial charge is 0.509 e. The fourth-order valence-electron chi connectivity index (χ4n) is 7.99. The van der Waals surface area contributed by atoms with Gasteiger partial charge >= 0.3 is 21.1 Å². The first-order chi connectivity index (χ1) is 23.3. The zero-order valence-electron chi connectivity index (χ0n) is 31.0. The van der Waals surface area contributed by atoms with E-state index in [9.17, 15) is 0 Å². The van der Waals surface area contributed by atoms with Gasteiger partial charge in [0.2, 0.25) is 0 Å². The van der Waals surface area contributed by atoms with Crippen LogP contribution in [0.15, 0.2) is 78.5 Å². The van der Waals surface area contributed by atoms with Crippen LogP contribution in [0.1, 0.15) is 102 Å². The molecule has 0 bridgehead atoms. The van der Waals surface area contributed by atoms with Crippen molar-refractivity contribution in [3.8, 4) is 23.0 Å². The van der Waals surface area contributed by atoms with Crippen LogP contribution in [-0.2, 0) is 26.5 Å². The molecular weight excluding hydrogens is 796 g/mol. The molecule has 7 rings (SSSR count). The molecule has 3 heterocycles. The van der Waals surface area contributed by atoms with E-state index in [1.165, 1.54) is 34.4 Å². The quantitative estimate of drug-likeness (QED) is 0.124. The van der Waals surface area contributed by atoms with E-state index in [4.69, 9.17) is 14.8 Å². The summed E-state index contributed by atoms with van der Waals surface area (Å²) in [6, 6.07) is 28.4. The third-order valence-electron chi connectivity index (χ3n) is 10.4. The number of hydrogen-bond acceptors (Lipinski definition) is 3. The molecule has 0 radical (unpaired) electrons. The van der Waals surface area contributed by atoms with Crippen molar-refractivity contribution in [3.05, 3.63) is 119 Å². The van der Waals surface area contributed by atoms with Crippen LogP contribution in [0.25, 0.3) is 33.3 Å². The molecule has 3 aromatic heterocycles. The molecule has 3 atom stereocenters. The Kier molecular flexibility index (Phi) is 9.78. The number of pyridine rings is 1. The first-order valence-corrected chi connectivity index (χ1v) is 17.7. The summed E-state index contributed by atoms with van der Waals surface area (Å²) in [5.74, 6) is 4.00. The monoisotopic (exact) mass is 843 g/mol. The van der Waals surface area contributed by atoms with Crippen LogP contribution in [0.5, 0.6) is 11.5 Å². The van der Waals surface area contributed by atoms with Gasteiger partial charge in [-0.25, -0.2) is 4.98 Å². The Morgan fingerprint density at radius 2 is 1.66 bits per heavy atom. The second-order valence-electron chi connectivity index (χ2n) is 15.6. The van der Waals surface area contributed by atoms with Gasteiger partial charge in [0.25, 0.3) is 0 Å². The number of allylic oxidation sites excluding steroid dienone is 2. The molecular formula is C44H48N4OPt. The van der Waals surface area contributed by atoms with E-state index in [2.05, 4.69) is 151 Å². The molecule has 6 aromatic rings. The van der Waals surface area contributed by atoms with Crippen molar-refractivity contribution in [3.63, 3.8) is 0 Å². The maximum atomic E-state index is 6.65. The third kappa shape index (κ3) is 6.50. The molecule has 260 valence electrons. The van der Waals surface area contributed by atoms with Crippen molar-refractivity contribution in [2.24, 2.45) is 11.8 Å². The van der Waals surface area contributed by atoms with Gasteiger partial charge in [-0.15, -0.1) is 41.3 Å². The first-order valence-electron chi connectivity index (χ1n) is 17.7. The Morgan fingerprint density at radius 3 is 2.38 bits per heavy atom. The summed E-state index contributed by atoms with van der Waals surface area (Å²) in [5, 5.41) is 7.38. The van der Waals surface area contributed by atoms with Crippen molar-refractivity contribution >= 4 is 21.8 Å². The van der Waals surface area contributed by atoms with Gasteiger partial charge in [0, 0.05) is 40.4 Å². The van der Waals surface area contributed by atoms with Crippen LogP contribution >= 0.6 is 0 Å². The molecule has 3 aromatic carbocycles. The molecule has 0 amide bonds. The van der Waals surface area contributed by atoms with Gasteiger partial charge in [0.15, 0.2) is 0 Å². The van der Waals surface area contributed by atoms with Crippen molar-refractivity contribution in [2.75, 3.05) is 0 Å². The van der Waals surface area contributed by atoms with E-state index in [1.807, 2.05) is 12.3 Å². The molecule has 1 aliphatic rings. The fourth-order valence-corrected chi connectivity index (χ4v) is 7.99. The van der Waals surface area contributed by atoms with Gasteiger partial charge in [-0.2, -0.15) is 11.2 Å². The number of aryl methyl sites for hydroxylation is 1. The van der Waals surface area contributed by atoms with Gasteiger partial charge in [0.05, 0.1) is 5.69 Å². The summed E-state index contributed by atoms with van der Waals surface area (Å²) >= 11 is 0. The molecule has 0 fully saturated rings. The minimum absolute atomic E-state index is 0. The average molecular weight is 844 g/mol. The number of hydrogen-bond donors (Lipinski definition) is 0. The number of benzene rings is 3. The number of aromatic nitrogens is 4. The van der Waals surface area contributed by atoms with Gasteiger partial charge in [-0.05, 0) is 85.2 Å². The summed E-state index contributed by atoms with van der Waals surface area (Å²) < 4.78 is 10.9. The zero-order valence-corrected chi connectivity index (χ0v) is 33.2. The van der Waals surface area contributed by atoms with E-state index in [0.717, 1.165) is 39.0 Å². The van der Waals surface area contributed by atoms with E-state index in [1.54, 1.807) is 0 Å². The number of fused-ring (bicyclic) bond motifs is 3.